The van der Waals surface area contributed by atoms with Gasteiger partial charge in [-0.3, -0.25) is 9.78 Å². The van der Waals surface area contributed by atoms with E-state index in [9.17, 15) is 14.9 Å². The molecule has 4 aromatic rings. The number of carbonyl (C=O) groups is 2. The zero-order valence-corrected chi connectivity index (χ0v) is 35.1. The van der Waals surface area contributed by atoms with E-state index in [0.29, 0.717) is 72.2 Å². The summed E-state index contributed by atoms with van der Waals surface area (Å²) in [5.74, 6) is 1.95. The first-order valence-electron chi connectivity index (χ1n) is 19.4. The van der Waals surface area contributed by atoms with Crippen molar-refractivity contribution in [3.63, 3.8) is 0 Å². The number of pyridine rings is 1. The number of amides is 1. The monoisotopic (exact) mass is 812 g/mol. The van der Waals surface area contributed by atoms with Crippen molar-refractivity contribution in [2.24, 2.45) is 0 Å². The molecule has 1 aromatic heterocycles. The van der Waals surface area contributed by atoms with Crippen LogP contribution in [0.4, 0.5) is 4.79 Å². The molecule has 13 heteroatoms. The van der Waals surface area contributed by atoms with Crippen LogP contribution in [0.25, 0.3) is 11.1 Å². The number of ether oxygens (including phenoxy) is 6. The number of rotatable bonds is 16. The predicted molar refractivity (Wildman–Crippen MR) is 221 cm³/mol. The second kappa shape index (κ2) is 19.8. The van der Waals surface area contributed by atoms with E-state index in [1.807, 2.05) is 71.9 Å². The standard InChI is InChI=1S/C45H53ClN4O8/c1-29-33(11-10-12-35(29)32-14-15-38-41(21-32)54-18-17-53-38)28-56-40-22-39(55-27-31-19-30(23-47)24-48-25-31)34(20-36(40)46)26-50-37(42(51)57-44(2,3)4)13-8-9-16-49-43(52)58-45(5,6)7/h10-12,14-15,19-22,24-25,37,50H,8-9,13,16-18,26-28H2,1-7H3,(H,49,52). The summed E-state index contributed by atoms with van der Waals surface area (Å²) in [7, 11) is 0. The first kappa shape index (κ1) is 43.6. The average molecular weight is 813 g/mol. The molecule has 1 aliphatic rings. The van der Waals surface area contributed by atoms with Gasteiger partial charge in [-0.2, -0.15) is 5.26 Å². The number of alkyl carbamates (subject to hydrolysis) is 1. The summed E-state index contributed by atoms with van der Waals surface area (Å²) in [5.41, 5.74) is 4.57. The van der Waals surface area contributed by atoms with Gasteiger partial charge in [0.25, 0.3) is 0 Å². The molecule has 1 unspecified atom stereocenters. The normalized spacial score (nSPS) is 12.9. The number of unbranched alkanes of at least 4 members (excludes halogenated alkanes) is 1. The minimum atomic E-state index is -0.695. The molecular formula is C45H53ClN4O8. The third-order valence-corrected chi connectivity index (χ3v) is 9.23. The van der Waals surface area contributed by atoms with Crippen LogP contribution in [0.15, 0.2) is 67.0 Å². The molecule has 2 N–H and O–H groups in total. The van der Waals surface area contributed by atoms with Gasteiger partial charge in [-0.15, -0.1) is 0 Å². The zero-order valence-electron chi connectivity index (χ0n) is 34.3. The van der Waals surface area contributed by atoms with Crippen LogP contribution < -0.4 is 29.6 Å². The molecule has 0 radical (unpaired) electrons. The zero-order chi connectivity index (χ0) is 41.9. The van der Waals surface area contributed by atoms with E-state index in [0.717, 1.165) is 33.8 Å². The smallest absolute Gasteiger partial charge is 0.407 e. The number of nitrogens with one attached hydrogen (secondary N) is 2. The predicted octanol–water partition coefficient (Wildman–Crippen LogP) is 9.01. The Bertz CT molecular complexity index is 2100. The largest absolute Gasteiger partial charge is 0.488 e. The summed E-state index contributed by atoms with van der Waals surface area (Å²) in [6.45, 7) is 14.9. The lowest BCUT2D eigenvalue weighted by atomic mass is 9.96. The van der Waals surface area contributed by atoms with Crippen molar-refractivity contribution in [2.45, 2.75) is 105 Å². The molecular weight excluding hydrogens is 760 g/mol. The van der Waals surface area contributed by atoms with Crippen LogP contribution in [0.1, 0.15) is 88.6 Å². The van der Waals surface area contributed by atoms with Gasteiger partial charge in [-0.1, -0.05) is 35.9 Å². The second-order valence-corrected chi connectivity index (χ2v) is 16.4. The van der Waals surface area contributed by atoms with E-state index < -0.39 is 29.3 Å². The fourth-order valence-corrected chi connectivity index (χ4v) is 6.39. The van der Waals surface area contributed by atoms with E-state index in [4.69, 9.17) is 40.0 Å². The highest BCUT2D eigenvalue weighted by molar-refractivity contribution is 6.32. The van der Waals surface area contributed by atoms with Gasteiger partial charge in [0, 0.05) is 42.7 Å². The minimum Gasteiger partial charge on any atom is -0.488 e. The highest BCUT2D eigenvalue weighted by Crippen LogP contribution is 2.37. The van der Waals surface area contributed by atoms with Gasteiger partial charge in [-0.05, 0) is 114 Å². The van der Waals surface area contributed by atoms with E-state index in [1.165, 1.54) is 6.20 Å². The number of nitrogens with zero attached hydrogens (tertiary/aromatic N) is 2. The molecule has 2 heterocycles. The first-order valence-corrected chi connectivity index (χ1v) is 19.8. The lowest BCUT2D eigenvalue weighted by Crippen LogP contribution is -2.41. The van der Waals surface area contributed by atoms with Gasteiger partial charge in [-0.25, -0.2) is 4.79 Å². The van der Waals surface area contributed by atoms with Gasteiger partial charge in [0.2, 0.25) is 0 Å². The Morgan fingerprint density at radius 1 is 0.879 bits per heavy atom. The average Bonchev–Trinajstić information content (AvgIpc) is 3.17. The molecule has 1 amide bonds. The molecule has 1 atom stereocenters. The van der Waals surface area contributed by atoms with Crippen LogP contribution in [-0.4, -0.2) is 54.0 Å². The fourth-order valence-electron chi connectivity index (χ4n) is 6.15. The highest BCUT2D eigenvalue weighted by atomic mass is 35.5. The van der Waals surface area contributed by atoms with Gasteiger partial charge < -0.3 is 39.1 Å². The maximum absolute atomic E-state index is 13.4. The molecule has 1 aliphatic heterocycles. The van der Waals surface area contributed by atoms with Crippen LogP contribution >= 0.6 is 11.6 Å². The van der Waals surface area contributed by atoms with E-state index in [1.54, 1.807) is 24.4 Å². The quantitative estimate of drug-likeness (QED) is 0.0824. The van der Waals surface area contributed by atoms with Crippen molar-refractivity contribution in [1.82, 2.24) is 15.6 Å². The summed E-state index contributed by atoms with van der Waals surface area (Å²) in [6, 6.07) is 18.7. The number of fused-ring (bicyclic) bond motifs is 1. The van der Waals surface area contributed by atoms with E-state index in [2.05, 4.69) is 34.7 Å². The highest BCUT2D eigenvalue weighted by Gasteiger charge is 2.26. The fraction of sp³-hybridized carbons (Fsp3) is 0.422. The number of carbonyl (C=O) groups excluding carboxylic acids is 2. The molecule has 5 rings (SSSR count). The van der Waals surface area contributed by atoms with Gasteiger partial charge >= 0.3 is 12.1 Å². The van der Waals surface area contributed by atoms with E-state index >= 15 is 0 Å². The molecule has 3 aromatic carbocycles. The molecule has 0 saturated carbocycles. The third kappa shape index (κ3) is 13.0. The van der Waals surface area contributed by atoms with Crippen LogP contribution in [-0.2, 0) is 34.0 Å². The van der Waals surface area contributed by atoms with Crippen molar-refractivity contribution in [3.8, 4) is 40.2 Å². The summed E-state index contributed by atoms with van der Waals surface area (Å²) in [6.07, 6.45) is 4.35. The SMILES string of the molecule is Cc1c(COc2cc(OCc3cncc(C#N)c3)c(CNC(CCCCNC(=O)OC(C)(C)C)C(=O)OC(C)(C)C)cc2Cl)cccc1-c1ccc2c(c1)OCCO2. The lowest BCUT2D eigenvalue weighted by Gasteiger charge is -2.25. The third-order valence-electron chi connectivity index (χ3n) is 8.93. The Hall–Kier alpha value is -5.51. The van der Waals surface area contributed by atoms with Gasteiger partial charge in [0.15, 0.2) is 11.5 Å². The van der Waals surface area contributed by atoms with E-state index in [-0.39, 0.29) is 19.8 Å². The van der Waals surface area contributed by atoms with Crippen LogP contribution in [0.3, 0.4) is 0 Å². The molecule has 0 fully saturated rings. The lowest BCUT2D eigenvalue weighted by molar-refractivity contribution is -0.157. The summed E-state index contributed by atoms with van der Waals surface area (Å²) < 4.78 is 35.3. The summed E-state index contributed by atoms with van der Waals surface area (Å²) in [5, 5.41) is 15.9. The van der Waals surface area contributed by atoms with Gasteiger partial charge in [0.05, 0.1) is 10.6 Å². The maximum Gasteiger partial charge on any atom is 0.407 e. The first-order chi connectivity index (χ1) is 27.6. The number of esters is 1. The Kier molecular flexibility index (Phi) is 14.9. The number of hydrogen-bond acceptors (Lipinski definition) is 11. The van der Waals surface area contributed by atoms with Crippen molar-refractivity contribution >= 4 is 23.7 Å². The molecule has 0 bridgehead atoms. The molecule has 0 spiro atoms. The van der Waals surface area contributed by atoms with Crippen molar-refractivity contribution in [1.29, 1.82) is 5.26 Å². The Morgan fingerprint density at radius 3 is 2.36 bits per heavy atom. The van der Waals surface area contributed by atoms with Crippen LogP contribution in [0.5, 0.6) is 23.0 Å². The minimum absolute atomic E-state index is 0.118. The second-order valence-electron chi connectivity index (χ2n) is 16.0. The summed E-state index contributed by atoms with van der Waals surface area (Å²) >= 11 is 6.89. The van der Waals surface area contributed by atoms with Crippen molar-refractivity contribution < 1.29 is 38.0 Å². The molecule has 12 nitrogen and oxygen atoms in total. The number of hydrogen-bond donors (Lipinski definition) is 2. The topological polar surface area (TPSA) is 150 Å². The Balaban J connectivity index is 1.33. The van der Waals surface area contributed by atoms with Crippen LogP contribution in [0.2, 0.25) is 5.02 Å². The molecule has 0 saturated heterocycles. The molecule has 58 heavy (non-hydrogen) atoms. The van der Waals surface area contributed by atoms with Crippen molar-refractivity contribution in [2.75, 3.05) is 19.8 Å². The van der Waals surface area contributed by atoms with Gasteiger partial charge in [0.1, 0.15) is 61.2 Å². The number of benzene rings is 3. The maximum atomic E-state index is 13.4. The molecule has 308 valence electrons. The van der Waals surface area contributed by atoms with Crippen molar-refractivity contribution in [3.05, 3.63) is 99.8 Å². The number of halogens is 1. The Labute approximate surface area is 346 Å². The summed E-state index contributed by atoms with van der Waals surface area (Å²) in [4.78, 5) is 29.7. The molecule has 0 aliphatic carbocycles. The number of nitriles is 1. The number of aromatic nitrogens is 1. The Morgan fingerprint density at radius 2 is 1.62 bits per heavy atom. The van der Waals surface area contributed by atoms with Crippen LogP contribution in [0, 0.1) is 18.3 Å².